The summed E-state index contributed by atoms with van der Waals surface area (Å²) in [7, 11) is 2.72. The zero-order valence-electron chi connectivity index (χ0n) is 23.9. The van der Waals surface area contributed by atoms with Gasteiger partial charge in [-0.05, 0) is 38.2 Å². The quantitative estimate of drug-likeness (QED) is 0.323. The highest BCUT2D eigenvalue weighted by molar-refractivity contribution is 5.90. The van der Waals surface area contributed by atoms with Gasteiger partial charge in [0.25, 0.3) is 0 Å². The Labute approximate surface area is 218 Å². The molecular formula is C29H48N2O5. The molecule has 0 radical (unpaired) electrons. The molecule has 204 valence electrons. The van der Waals surface area contributed by atoms with E-state index in [1.807, 2.05) is 58.0 Å². The number of carbonyl (C=O) groups excluding carboxylic acids is 3. The summed E-state index contributed by atoms with van der Waals surface area (Å²) >= 11 is 0. The number of nitrogens with zero attached hydrogens (tertiary/aromatic N) is 1. The van der Waals surface area contributed by atoms with Crippen LogP contribution < -0.4 is 5.32 Å². The van der Waals surface area contributed by atoms with E-state index in [2.05, 4.69) is 19.2 Å². The topological polar surface area (TPSA) is 95.9 Å². The Hall–Kier alpha value is -2.67. The summed E-state index contributed by atoms with van der Waals surface area (Å²) in [5.41, 5.74) is 1.17. The van der Waals surface area contributed by atoms with Crippen LogP contribution in [0.5, 0.6) is 0 Å². The maximum Gasteiger partial charge on any atom is 0.333 e. The van der Waals surface area contributed by atoms with Crippen molar-refractivity contribution < 1.29 is 24.2 Å². The molecule has 0 bridgehead atoms. The van der Waals surface area contributed by atoms with E-state index < -0.39 is 6.04 Å². The minimum atomic E-state index is -0.643. The summed E-state index contributed by atoms with van der Waals surface area (Å²) in [5.74, 6) is -0.886. The fraction of sp³-hybridized carbons (Fsp3) is 0.621. The molecule has 0 aliphatic carbocycles. The molecule has 0 saturated heterocycles. The molecule has 0 heterocycles. The van der Waals surface area contributed by atoms with E-state index in [-0.39, 0.29) is 41.1 Å². The van der Waals surface area contributed by atoms with Crippen molar-refractivity contribution in [2.75, 3.05) is 20.8 Å². The number of aliphatic hydroxyl groups excluding tert-OH is 1. The molecule has 1 aromatic carbocycles. The van der Waals surface area contributed by atoms with Gasteiger partial charge in [-0.1, -0.05) is 78.0 Å². The van der Waals surface area contributed by atoms with E-state index in [1.54, 1.807) is 31.9 Å². The normalized spacial score (nSPS) is 14.2. The molecular weight excluding hydrogens is 456 g/mol. The zero-order valence-corrected chi connectivity index (χ0v) is 23.9. The van der Waals surface area contributed by atoms with Crippen molar-refractivity contribution in [3.8, 4) is 0 Å². The molecule has 0 saturated carbocycles. The summed E-state index contributed by atoms with van der Waals surface area (Å²) in [6.45, 7) is 15.8. The third kappa shape index (κ3) is 9.08. The van der Waals surface area contributed by atoms with Gasteiger partial charge >= 0.3 is 5.97 Å². The van der Waals surface area contributed by atoms with Gasteiger partial charge in [-0.25, -0.2) is 4.79 Å². The van der Waals surface area contributed by atoms with Gasteiger partial charge in [0, 0.05) is 31.1 Å². The minimum Gasteiger partial charge on any atom is -0.463 e. The third-order valence-corrected chi connectivity index (χ3v) is 6.63. The Morgan fingerprint density at radius 3 is 2.06 bits per heavy atom. The predicted octanol–water partition coefficient (Wildman–Crippen LogP) is 4.49. The molecule has 1 aromatic rings. The Kier molecular flexibility index (Phi) is 15.0. The van der Waals surface area contributed by atoms with Gasteiger partial charge in [-0.15, -0.1) is 0 Å². The lowest BCUT2D eigenvalue weighted by atomic mass is 9.71. The van der Waals surface area contributed by atoms with Crippen molar-refractivity contribution in [3.63, 3.8) is 0 Å². The Morgan fingerprint density at radius 1 is 1.06 bits per heavy atom. The predicted molar refractivity (Wildman–Crippen MR) is 145 cm³/mol. The lowest BCUT2D eigenvalue weighted by Crippen LogP contribution is -2.53. The Balaban J connectivity index is 0.00000596. The van der Waals surface area contributed by atoms with Crippen LogP contribution in [0.1, 0.15) is 73.8 Å². The van der Waals surface area contributed by atoms with E-state index in [0.29, 0.717) is 25.0 Å². The van der Waals surface area contributed by atoms with Gasteiger partial charge < -0.3 is 20.1 Å². The average Bonchev–Trinajstić information content (AvgIpc) is 2.86. The van der Waals surface area contributed by atoms with Gasteiger partial charge in [0.2, 0.25) is 11.8 Å². The first kappa shape index (κ1) is 33.3. The van der Waals surface area contributed by atoms with Crippen molar-refractivity contribution in [1.29, 1.82) is 0 Å². The van der Waals surface area contributed by atoms with Crippen molar-refractivity contribution in [3.05, 3.63) is 47.5 Å². The highest BCUT2D eigenvalue weighted by Gasteiger charge is 2.37. The number of aliphatic hydroxyl groups is 1. The summed E-state index contributed by atoms with van der Waals surface area (Å²) in [5, 5.41) is 10.0. The number of rotatable bonds is 12. The summed E-state index contributed by atoms with van der Waals surface area (Å²) in [6, 6.07) is 9.06. The van der Waals surface area contributed by atoms with Crippen molar-refractivity contribution in [1.82, 2.24) is 10.2 Å². The highest BCUT2D eigenvalue weighted by Crippen LogP contribution is 2.34. The summed E-state index contributed by atoms with van der Waals surface area (Å²) in [6.07, 6.45) is 2.91. The number of amides is 2. The molecule has 1 rings (SSSR count). The Bertz CT molecular complexity index is 848. The van der Waals surface area contributed by atoms with Gasteiger partial charge in [0.15, 0.2) is 0 Å². The molecule has 0 aliphatic heterocycles. The minimum absolute atomic E-state index is 0.0759. The van der Waals surface area contributed by atoms with Crippen LogP contribution in [-0.2, 0) is 24.5 Å². The van der Waals surface area contributed by atoms with Crippen LogP contribution in [0, 0.1) is 11.8 Å². The summed E-state index contributed by atoms with van der Waals surface area (Å²) < 4.78 is 5.09. The first-order valence-electron chi connectivity index (χ1n) is 12.8. The molecule has 0 aliphatic rings. The van der Waals surface area contributed by atoms with Gasteiger partial charge in [-0.2, -0.15) is 0 Å². The van der Waals surface area contributed by atoms with Crippen LogP contribution in [0.25, 0.3) is 0 Å². The average molecular weight is 505 g/mol. The van der Waals surface area contributed by atoms with E-state index in [9.17, 15) is 14.4 Å². The maximum atomic E-state index is 13.4. The fourth-order valence-electron chi connectivity index (χ4n) is 4.42. The summed E-state index contributed by atoms with van der Waals surface area (Å²) in [4.78, 5) is 40.5. The molecule has 0 aromatic heterocycles. The van der Waals surface area contributed by atoms with E-state index in [4.69, 9.17) is 9.84 Å². The van der Waals surface area contributed by atoms with E-state index >= 15 is 0 Å². The van der Waals surface area contributed by atoms with Crippen LogP contribution in [0.4, 0.5) is 0 Å². The van der Waals surface area contributed by atoms with E-state index in [1.165, 1.54) is 0 Å². The number of esters is 1. The monoisotopic (exact) mass is 504 g/mol. The lowest BCUT2D eigenvalue weighted by molar-refractivity contribution is -0.139. The zero-order chi connectivity index (χ0) is 28.1. The molecule has 0 spiro atoms. The molecule has 2 amide bonds. The number of nitrogens with one attached hydrogen (secondary N) is 1. The third-order valence-electron chi connectivity index (χ3n) is 6.63. The Morgan fingerprint density at radius 2 is 1.61 bits per heavy atom. The van der Waals surface area contributed by atoms with Crippen LogP contribution in [0.15, 0.2) is 42.0 Å². The number of carbonyl (C=O) groups is 3. The first-order valence-corrected chi connectivity index (χ1v) is 12.8. The van der Waals surface area contributed by atoms with Gasteiger partial charge in [0.1, 0.15) is 6.04 Å². The second-order valence-corrected chi connectivity index (χ2v) is 9.77. The van der Waals surface area contributed by atoms with Crippen LogP contribution in [0.3, 0.4) is 0 Å². The second-order valence-electron chi connectivity index (χ2n) is 9.77. The molecule has 36 heavy (non-hydrogen) atoms. The maximum absolute atomic E-state index is 13.4. The molecule has 7 nitrogen and oxygen atoms in total. The first-order chi connectivity index (χ1) is 16.9. The number of hydrogen-bond donors (Lipinski definition) is 2. The SMILES string of the molecule is CCOC(=O)/C(C)=C/[C@H](C(C)C)N(C)C(=O)C(CC)NC(=O)[C@@H](CC)C(C)(C)c1ccccc1.CO. The smallest absolute Gasteiger partial charge is 0.333 e. The van der Waals surface area contributed by atoms with Crippen LogP contribution in [-0.4, -0.2) is 60.6 Å². The lowest BCUT2D eigenvalue weighted by Gasteiger charge is -2.36. The van der Waals surface area contributed by atoms with Crippen molar-refractivity contribution in [2.45, 2.75) is 85.7 Å². The number of benzene rings is 1. The molecule has 0 fully saturated rings. The highest BCUT2D eigenvalue weighted by atomic mass is 16.5. The molecule has 2 N–H and O–H groups in total. The van der Waals surface area contributed by atoms with Crippen LogP contribution in [0.2, 0.25) is 0 Å². The molecule has 1 unspecified atom stereocenters. The van der Waals surface area contributed by atoms with Crippen molar-refractivity contribution >= 4 is 17.8 Å². The number of hydrogen-bond acceptors (Lipinski definition) is 5. The van der Waals surface area contributed by atoms with Crippen molar-refractivity contribution in [2.24, 2.45) is 11.8 Å². The molecule has 3 atom stereocenters. The fourth-order valence-corrected chi connectivity index (χ4v) is 4.42. The molecule has 7 heteroatoms. The number of ether oxygens (including phenoxy) is 1. The second kappa shape index (κ2) is 16.1. The van der Waals surface area contributed by atoms with Gasteiger partial charge in [-0.3, -0.25) is 9.59 Å². The van der Waals surface area contributed by atoms with E-state index in [0.717, 1.165) is 12.7 Å². The standard InChI is InChI=1S/C28H44N2O4.CH4O/c1-10-22(28(7,8)21-16-14-13-15-17-21)25(31)29-23(11-2)26(32)30(9)24(19(4)5)18-20(6)27(33)34-12-3;1-2/h13-19,22-24H,10-12H2,1-9H3,(H,29,31);2H,1H3/b20-18+;/t22-,23?,24-;/m1./s1. The van der Waals surface area contributed by atoms with Crippen LogP contribution >= 0.6 is 0 Å². The number of likely N-dealkylation sites (N-methyl/N-ethyl adjacent to an activating group) is 1. The largest absolute Gasteiger partial charge is 0.463 e. The van der Waals surface area contributed by atoms with Gasteiger partial charge in [0.05, 0.1) is 12.6 Å².